The van der Waals surface area contributed by atoms with Gasteiger partial charge in [-0.25, -0.2) is 13.6 Å². The number of halogens is 2. The highest BCUT2D eigenvalue weighted by Gasteiger charge is 2.78. The molecule has 3 N–H and O–H groups in total. The lowest BCUT2D eigenvalue weighted by Crippen LogP contribution is -2.45. The van der Waals surface area contributed by atoms with Crippen molar-refractivity contribution in [3.05, 3.63) is 86.7 Å². The minimum Gasteiger partial charge on any atom is -0.371 e. The van der Waals surface area contributed by atoms with Gasteiger partial charge >= 0.3 is 5.69 Å². The predicted octanol–water partition coefficient (Wildman–Crippen LogP) is 3.22. The first-order chi connectivity index (χ1) is 24.0. The molecule has 0 radical (unpaired) electrons. The zero-order valence-corrected chi connectivity index (χ0v) is 27.7. The van der Waals surface area contributed by atoms with Crippen LogP contribution in [0.5, 0.6) is 0 Å². The Morgan fingerprint density at radius 1 is 1.00 bits per heavy atom. The van der Waals surface area contributed by atoms with E-state index in [9.17, 15) is 28.0 Å². The number of carbonyl (C=O) groups excluding carboxylic acids is 2. The standard InChI is InChI=1S/C35H39F2N9O4/c1-34-17-27-26(16-28(34)35(34,36)37)30(42-41-27)31(48)39-23-18-38-45(20-23)19-21-6-11-44(12-7-21)32(49)22-8-13-43(14-9-22)24-2-4-25(5-3-24)46-15-10-29(47)40-33(46)50/h2-5,10,15,18,20-22,28H,6-9,11-14,16-17,19H2,1H3,(H,39,48)(H,41,42)(H,40,47,50)/t28-,34+/m0/s1. The number of hydrogen-bond acceptors (Lipinski definition) is 7. The quantitative estimate of drug-likeness (QED) is 0.270. The first-order valence-corrected chi connectivity index (χ1v) is 17.2. The number of aromatic nitrogens is 6. The number of rotatable bonds is 7. The Hall–Kier alpha value is -5.08. The van der Waals surface area contributed by atoms with E-state index in [1.165, 1.54) is 16.8 Å². The molecule has 262 valence electrons. The third kappa shape index (κ3) is 5.61. The van der Waals surface area contributed by atoms with Gasteiger partial charge in [0.05, 0.1) is 17.6 Å². The number of alkyl halides is 2. The fourth-order valence-electron chi connectivity index (χ4n) is 8.20. The lowest BCUT2D eigenvalue weighted by molar-refractivity contribution is -0.137. The lowest BCUT2D eigenvalue weighted by Gasteiger charge is -2.38. The number of carbonyl (C=O) groups is 2. The Labute approximate surface area is 285 Å². The maximum atomic E-state index is 14.3. The lowest BCUT2D eigenvalue weighted by atomic mass is 9.87. The summed E-state index contributed by atoms with van der Waals surface area (Å²) in [4.78, 5) is 56.4. The van der Waals surface area contributed by atoms with Crippen molar-refractivity contribution < 1.29 is 18.4 Å². The van der Waals surface area contributed by atoms with Crippen LogP contribution in [-0.2, 0) is 24.2 Å². The van der Waals surface area contributed by atoms with E-state index in [4.69, 9.17) is 0 Å². The molecular weight excluding hydrogens is 648 g/mol. The molecular formula is C35H39F2N9O4. The summed E-state index contributed by atoms with van der Waals surface area (Å²) in [6, 6.07) is 8.91. The van der Waals surface area contributed by atoms with Gasteiger partial charge in [0.2, 0.25) is 5.91 Å². The number of amides is 2. The van der Waals surface area contributed by atoms with Crippen molar-refractivity contribution in [3.63, 3.8) is 0 Å². The number of nitrogens with one attached hydrogen (secondary N) is 3. The number of benzene rings is 1. The molecule has 8 rings (SSSR count). The van der Waals surface area contributed by atoms with Crippen LogP contribution in [0.4, 0.5) is 20.2 Å². The Kier molecular flexibility index (Phi) is 7.75. The van der Waals surface area contributed by atoms with Crippen LogP contribution in [-0.4, -0.2) is 78.3 Å². The topological polar surface area (TPSA) is 154 Å². The fraction of sp³-hybridized carbons (Fsp3) is 0.486. The summed E-state index contributed by atoms with van der Waals surface area (Å²) in [5.41, 5.74) is 1.59. The molecule has 50 heavy (non-hydrogen) atoms. The highest BCUT2D eigenvalue weighted by Crippen LogP contribution is 2.70. The average molecular weight is 688 g/mol. The van der Waals surface area contributed by atoms with E-state index in [0.29, 0.717) is 48.2 Å². The monoisotopic (exact) mass is 687 g/mol. The highest BCUT2D eigenvalue weighted by molar-refractivity contribution is 6.04. The van der Waals surface area contributed by atoms with Crippen molar-refractivity contribution in [3.8, 4) is 5.69 Å². The van der Waals surface area contributed by atoms with Crippen LogP contribution in [0, 0.1) is 23.2 Å². The first kappa shape index (κ1) is 32.1. The second kappa shape index (κ2) is 12.1. The molecule has 0 bridgehead atoms. The summed E-state index contributed by atoms with van der Waals surface area (Å²) in [6.07, 6.45) is 8.40. The number of anilines is 2. The molecule has 15 heteroatoms. The summed E-state index contributed by atoms with van der Waals surface area (Å²) in [7, 11) is 0. The summed E-state index contributed by atoms with van der Waals surface area (Å²) in [6.45, 7) is 5.19. The normalized spacial score (nSPS) is 23.3. The van der Waals surface area contributed by atoms with Crippen LogP contribution in [0.2, 0.25) is 0 Å². The zero-order chi connectivity index (χ0) is 34.8. The molecule has 3 aromatic heterocycles. The maximum Gasteiger partial charge on any atom is 0.332 e. The van der Waals surface area contributed by atoms with Crippen molar-refractivity contribution >= 4 is 23.2 Å². The SMILES string of the molecule is C[C@@]12Cc3[nH]nc(C(=O)Nc4cnn(CC5CCN(C(=O)C6CCN(c7ccc(-n8ccc(=O)[nH]c8=O)cc7)CC6)CC5)c4)c3C[C@@H]1C2(F)F. The van der Waals surface area contributed by atoms with Crippen molar-refractivity contribution in [2.75, 3.05) is 36.4 Å². The van der Waals surface area contributed by atoms with Crippen molar-refractivity contribution in [1.29, 1.82) is 0 Å². The highest BCUT2D eigenvalue weighted by atomic mass is 19.3. The van der Waals surface area contributed by atoms with Crippen molar-refractivity contribution in [2.45, 2.75) is 57.9 Å². The Morgan fingerprint density at radius 2 is 1.72 bits per heavy atom. The third-order valence-corrected chi connectivity index (χ3v) is 11.4. The number of aromatic amines is 2. The van der Waals surface area contributed by atoms with Crippen LogP contribution in [0.1, 0.15) is 54.4 Å². The molecule has 4 aliphatic rings. The second-order valence-electron chi connectivity index (χ2n) is 14.4. The largest absolute Gasteiger partial charge is 0.371 e. The molecule has 2 amide bonds. The molecule has 0 unspecified atom stereocenters. The van der Waals surface area contributed by atoms with Crippen LogP contribution in [0.15, 0.2) is 58.5 Å². The van der Waals surface area contributed by atoms with Gasteiger partial charge in [-0.2, -0.15) is 10.2 Å². The molecule has 5 heterocycles. The van der Waals surface area contributed by atoms with Gasteiger partial charge in [-0.05, 0) is 62.3 Å². The number of piperidine rings is 2. The van der Waals surface area contributed by atoms with Crippen LogP contribution in [0.3, 0.4) is 0 Å². The fourth-order valence-corrected chi connectivity index (χ4v) is 8.20. The predicted molar refractivity (Wildman–Crippen MR) is 180 cm³/mol. The molecule has 2 saturated heterocycles. The molecule has 2 aliphatic carbocycles. The van der Waals surface area contributed by atoms with Crippen LogP contribution < -0.4 is 21.5 Å². The van der Waals surface area contributed by atoms with Crippen molar-refractivity contribution in [2.24, 2.45) is 23.2 Å². The van der Waals surface area contributed by atoms with Crippen LogP contribution >= 0.6 is 0 Å². The van der Waals surface area contributed by atoms with Crippen molar-refractivity contribution in [1.82, 2.24) is 34.4 Å². The smallest absolute Gasteiger partial charge is 0.332 e. The second-order valence-corrected chi connectivity index (χ2v) is 14.4. The minimum absolute atomic E-state index is 0.00974. The van der Waals surface area contributed by atoms with Gasteiger partial charge in [-0.1, -0.05) is 6.92 Å². The van der Waals surface area contributed by atoms with E-state index < -0.39 is 34.4 Å². The van der Waals surface area contributed by atoms with E-state index in [1.807, 2.05) is 29.2 Å². The molecule has 2 aliphatic heterocycles. The van der Waals surface area contributed by atoms with Gasteiger partial charge < -0.3 is 15.1 Å². The van der Waals surface area contributed by atoms with Gasteiger partial charge in [-0.3, -0.25) is 33.7 Å². The van der Waals surface area contributed by atoms with E-state index in [1.54, 1.807) is 24.0 Å². The molecule has 2 atom stereocenters. The number of hydrogen-bond donors (Lipinski definition) is 3. The molecule has 0 spiro atoms. The van der Waals surface area contributed by atoms with E-state index in [0.717, 1.165) is 44.5 Å². The Bertz CT molecular complexity index is 2050. The maximum absolute atomic E-state index is 14.3. The van der Waals surface area contributed by atoms with E-state index in [-0.39, 0.29) is 30.4 Å². The zero-order valence-electron chi connectivity index (χ0n) is 27.7. The molecule has 4 aromatic rings. The van der Waals surface area contributed by atoms with Gasteiger partial charge in [0.1, 0.15) is 0 Å². The number of fused-ring (bicyclic) bond motifs is 2. The summed E-state index contributed by atoms with van der Waals surface area (Å²) < 4.78 is 31.8. The number of H-pyrrole nitrogens is 2. The number of nitrogens with zero attached hydrogens (tertiary/aromatic N) is 6. The third-order valence-electron chi connectivity index (χ3n) is 11.4. The van der Waals surface area contributed by atoms with Gasteiger partial charge in [0.15, 0.2) is 5.69 Å². The summed E-state index contributed by atoms with van der Waals surface area (Å²) in [5, 5.41) is 14.2. The summed E-state index contributed by atoms with van der Waals surface area (Å²) >= 11 is 0. The molecule has 1 saturated carbocycles. The molecule has 3 fully saturated rings. The van der Waals surface area contributed by atoms with Gasteiger partial charge in [0.25, 0.3) is 17.4 Å². The Balaban J connectivity index is 0.790. The summed E-state index contributed by atoms with van der Waals surface area (Å²) in [5.74, 6) is -3.37. The van der Waals surface area contributed by atoms with E-state index in [2.05, 4.69) is 30.5 Å². The Morgan fingerprint density at radius 3 is 2.44 bits per heavy atom. The van der Waals surface area contributed by atoms with E-state index >= 15 is 0 Å². The van der Waals surface area contributed by atoms with Gasteiger partial charge in [-0.15, -0.1) is 0 Å². The molecule has 13 nitrogen and oxygen atoms in total. The first-order valence-electron chi connectivity index (χ1n) is 17.2. The van der Waals surface area contributed by atoms with Crippen LogP contribution in [0.25, 0.3) is 5.69 Å². The minimum atomic E-state index is -2.72. The van der Waals surface area contributed by atoms with Gasteiger partial charge in [0, 0.05) is 91.8 Å². The average Bonchev–Trinajstić information content (AvgIpc) is 3.51. The number of likely N-dealkylation sites (tertiary alicyclic amines) is 1. The molecule has 1 aromatic carbocycles.